The third kappa shape index (κ3) is 3.56. The molecule has 0 atom stereocenters. The molecule has 1 N–H and O–H groups in total. The van der Waals surface area contributed by atoms with Crippen LogP contribution < -0.4 is 10.9 Å². The first kappa shape index (κ1) is 18.8. The number of aldehydes is 1. The van der Waals surface area contributed by atoms with E-state index in [-0.39, 0.29) is 11.5 Å². The summed E-state index contributed by atoms with van der Waals surface area (Å²) in [5.74, 6) is 0.488. The monoisotopic (exact) mass is 400 g/mol. The summed E-state index contributed by atoms with van der Waals surface area (Å²) in [5.41, 5.74) is 3.95. The van der Waals surface area contributed by atoms with Gasteiger partial charge in [0.15, 0.2) is 6.29 Å². The molecule has 152 valence electrons. The first-order chi connectivity index (χ1) is 14.5. The van der Waals surface area contributed by atoms with Gasteiger partial charge < -0.3 is 9.88 Å². The van der Waals surface area contributed by atoms with Crippen molar-refractivity contribution in [1.29, 1.82) is 0 Å². The van der Waals surface area contributed by atoms with Gasteiger partial charge in [0.2, 0.25) is 0 Å². The van der Waals surface area contributed by atoms with Crippen molar-refractivity contribution < 1.29 is 9.59 Å². The van der Waals surface area contributed by atoms with E-state index >= 15 is 0 Å². The molecule has 3 aromatic rings. The summed E-state index contributed by atoms with van der Waals surface area (Å²) in [7, 11) is 0. The second kappa shape index (κ2) is 7.24. The minimum Gasteiger partial charge on any atom is -0.349 e. The topological polar surface area (TPSA) is 68.2 Å². The van der Waals surface area contributed by atoms with E-state index in [1.54, 1.807) is 16.8 Å². The van der Waals surface area contributed by atoms with E-state index in [0.717, 1.165) is 48.7 Å². The van der Waals surface area contributed by atoms with Crippen LogP contribution >= 0.6 is 0 Å². The van der Waals surface area contributed by atoms with Crippen LogP contribution in [0.3, 0.4) is 0 Å². The molecule has 0 aliphatic heterocycles. The summed E-state index contributed by atoms with van der Waals surface area (Å²) >= 11 is 0. The van der Waals surface area contributed by atoms with Crippen LogP contribution in [-0.4, -0.2) is 22.8 Å². The van der Waals surface area contributed by atoms with Crippen LogP contribution in [0, 0.1) is 12.8 Å². The predicted molar refractivity (Wildman–Crippen MR) is 117 cm³/mol. The molecular formula is C25H24N2O3. The number of nitrogens with zero attached hydrogens (tertiary/aromatic N) is 1. The smallest absolute Gasteiger partial charge is 0.258 e. The van der Waals surface area contributed by atoms with Crippen LogP contribution in [0.25, 0.3) is 21.9 Å². The van der Waals surface area contributed by atoms with Gasteiger partial charge in [-0.1, -0.05) is 12.1 Å². The Balaban J connectivity index is 1.58. The Morgan fingerprint density at radius 3 is 2.60 bits per heavy atom. The Morgan fingerprint density at radius 2 is 1.90 bits per heavy atom. The average molecular weight is 400 g/mol. The maximum Gasteiger partial charge on any atom is 0.258 e. The quantitative estimate of drug-likeness (QED) is 0.634. The maximum absolute atomic E-state index is 12.9. The highest BCUT2D eigenvalue weighted by atomic mass is 16.2. The highest BCUT2D eigenvalue weighted by molar-refractivity contribution is 6.00. The van der Waals surface area contributed by atoms with Gasteiger partial charge in [0.1, 0.15) is 0 Å². The lowest BCUT2D eigenvalue weighted by molar-refractivity contribution is 0.0950. The van der Waals surface area contributed by atoms with E-state index < -0.39 is 0 Å². The lowest BCUT2D eigenvalue weighted by Crippen LogP contribution is -2.25. The summed E-state index contributed by atoms with van der Waals surface area (Å²) in [6.45, 7) is 2.67. The van der Waals surface area contributed by atoms with Crippen molar-refractivity contribution in [1.82, 2.24) is 9.88 Å². The van der Waals surface area contributed by atoms with Crippen LogP contribution in [0.4, 0.5) is 0 Å². The molecule has 1 heterocycles. The SMILES string of the molecule is Cc1ccc(C(=O)NC2CC2)cc1-c1ccc2c(=O)n(CC3CC3)cc(C=O)c2c1. The molecule has 2 aliphatic carbocycles. The van der Waals surface area contributed by atoms with Gasteiger partial charge >= 0.3 is 0 Å². The molecule has 5 heteroatoms. The van der Waals surface area contributed by atoms with Gasteiger partial charge in [-0.05, 0) is 84.9 Å². The van der Waals surface area contributed by atoms with Crippen LogP contribution in [0.1, 0.15) is 52.0 Å². The van der Waals surface area contributed by atoms with E-state index in [2.05, 4.69) is 5.32 Å². The highest BCUT2D eigenvalue weighted by Crippen LogP contribution is 2.31. The van der Waals surface area contributed by atoms with Crippen molar-refractivity contribution in [3.05, 3.63) is 69.6 Å². The largest absolute Gasteiger partial charge is 0.349 e. The number of fused-ring (bicyclic) bond motifs is 1. The maximum atomic E-state index is 12.9. The van der Waals surface area contributed by atoms with E-state index in [4.69, 9.17) is 0 Å². The lowest BCUT2D eigenvalue weighted by Gasteiger charge is -2.13. The lowest BCUT2D eigenvalue weighted by atomic mass is 9.95. The fourth-order valence-electron chi connectivity index (χ4n) is 3.97. The Labute approximate surface area is 174 Å². The average Bonchev–Trinajstić information content (AvgIpc) is 3.67. The van der Waals surface area contributed by atoms with Gasteiger partial charge in [0.25, 0.3) is 11.5 Å². The molecule has 30 heavy (non-hydrogen) atoms. The van der Waals surface area contributed by atoms with E-state index in [9.17, 15) is 14.4 Å². The number of benzene rings is 2. The van der Waals surface area contributed by atoms with Crippen LogP contribution in [0.5, 0.6) is 0 Å². The standard InChI is InChI=1S/C25H24N2O3/c1-15-2-5-18(24(29)26-20-7-8-20)11-22(15)17-6-9-21-23(10-17)19(14-28)13-27(25(21)30)12-16-3-4-16/h2,5-6,9-11,13-14,16,20H,3-4,7-8,12H2,1H3,(H,26,29). The number of nitrogens with one attached hydrogen (secondary N) is 1. The third-order valence-electron chi connectivity index (χ3n) is 6.12. The molecule has 1 amide bonds. The molecule has 5 rings (SSSR count). The Bertz CT molecular complexity index is 1230. The zero-order chi connectivity index (χ0) is 20.8. The first-order valence-corrected chi connectivity index (χ1v) is 10.6. The van der Waals surface area contributed by atoms with Gasteiger partial charge in [0, 0.05) is 35.3 Å². The molecule has 0 saturated heterocycles. The molecule has 2 aromatic carbocycles. The van der Waals surface area contributed by atoms with E-state index in [1.165, 1.54) is 0 Å². The fourth-order valence-corrected chi connectivity index (χ4v) is 3.97. The van der Waals surface area contributed by atoms with Gasteiger partial charge in [-0.3, -0.25) is 14.4 Å². The summed E-state index contributed by atoms with van der Waals surface area (Å²) in [6, 6.07) is 11.6. The Morgan fingerprint density at radius 1 is 1.10 bits per heavy atom. The summed E-state index contributed by atoms with van der Waals surface area (Å²) in [6.07, 6.45) is 6.88. The zero-order valence-corrected chi connectivity index (χ0v) is 17.0. The van der Waals surface area contributed by atoms with Crippen molar-refractivity contribution in [2.45, 2.75) is 45.2 Å². The molecule has 0 radical (unpaired) electrons. The third-order valence-corrected chi connectivity index (χ3v) is 6.12. The number of pyridine rings is 1. The predicted octanol–water partition coefficient (Wildman–Crippen LogP) is 4.09. The molecular weight excluding hydrogens is 376 g/mol. The molecule has 2 fully saturated rings. The van der Waals surface area contributed by atoms with Crippen LogP contribution in [0.15, 0.2) is 47.4 Å². The molecule has 0 spiro atoms. The summed E-state index contributed by atoms with van der Waals surface area (Å²) < 4.78 is 1.68. The van der Waals surface area contributed by atoms with Gasteiger partial charge in [-0.25, -0.2) is 0 Å². The summed E-state index contributed by atoms with van der Waals surface area (Å²) in [4.78, 5) is 37.2. The molecule has 0 bridgehead atoms. The Hall–Kier alpha value is -3.21. The first-order valence-electron chi connectivity index (χ1n) is 10.6. The van der Waals surface area contributed by atoms with E-state index in [0.29, 0.717) is 40.4 Å². The van der Waals surface area contributed by atoms with Crippen LogP contribution in [-0.2, 0) is 6.54 Å². The Kier molecular flexibility index (Phi) is 4.54. The van der Waals surface area contributed by atoms with Crippen molar-refractivity contribution in [2.24, 2.45) is 5.92 Å². The normalized spacial score (nSPS) is 15.9. The highest BCUT2D eigenvalue weighted by Gasteiger charge is 2.24. The van der Waals surface area contributed by atoms with Gasteiger partial charge in [0.05, 0.1) is 0 Å². The number of carbonyl (C=O) groups excluding carboxylic acids is 2. The summed E-state index contributed by atoms with van der Waals surface area (Å²) in [5, 5.41) is 4.24. The minimum absolute atomic E-state index is 0.0525. The van der Waals surface area contributed by atoms with Crippen molar-refractivity contribution in [3.8, 4) is 11.1 Å². The van der Waals surface area contributed by atoms with Crippen LogP contribution in [0.2, 0.25) is 0 Å². The van der Waals surface area contributed by atoms with E-state index in [1.807, 2.05) is 37.3 Å². The molecule has 2 aliphatic rings. The number of aromatic nitrogens is 1. The van der Waals surface area contributed by atoms with Crippen molar-refractivity contribution >= 4 is 23.0 Å². The van der Waals surface area contributed by atoms with Crippen molar-refractivity contribution in [2.75, 3.05) is 0 Å². The molecule has 5 nitrogen and oxygen atoms in total. The number of carbonyl (C=O) groups is 2. The second-order valence-electron chi connectivity index (χ2n) is 8.64. The molecule has 1 aromatic heterocycles. The van der Waals surface area contributed by atoms with Crippen molar-refractivity contribution in [3.63, 3.8) is 0 Å². The van der Waals surface area contributed by atoms with Gasteiger partial charge in [-0.2, -0.15) is 0 Å². The molecule has 2 saturated carbocycles. The number of aryl methyl sites for hydroxylation is 1. The zero-order valence-electron chi connectivity index (χ0n) is 17.0. The minimum atomic E-state index is -0.0592. The molecule has 0 unspecified atom stereocenters. The number of rotatable bonds is 6. The number of hydrogen-bond acceptors (Lipinski definition) is 3. The number of amides is 1. The van der Waals surface area contributed by atoms with Gasteiger partial charge in [-0.15, -0.1) is 0 Å². The fraction of sp³-hybridized carbons (Fsp3) is 0.320. The second-order valence-corrected chi connectivity index (χ2v) is 8.64. The number of hydrogen-bond donors (Lipinski definition) is 1.